The number of rotatable bonds is 3. The van der Waals surface area contributed by atoms with E-state index in [1.165, 1.54) is 0 Å². The van der Waals surface area contributed by atoms with Crippen LogP contribution in [0.3, 0.4) is 0 Å². The molecule has 5 heteroatoms. The van der Waals surface area contributed by atoms with E-state index >= 15 is 0 Å². The first-order valence-corrected chi connectivity index (χ1v) is 5.07. The molecule has 0 amide bonds. The smallest absolute Gasteiger partial charge is 0.0515 e. The standard InChI is InChI=1S/C9H10Cl2NO2/c1-6-7(4-10)2-9(12(13)14)3-8(6)5-11/h2-3,13H,4-5H2,1H3/q-1. The fourth-order valence-electron chi connectivity index (χ4n) is 1.21. The second kappa shape index (κ2) is 4.84. The Labute approximate surface area is 92.4 Å². The van der Waals surface area contributed by atoms with Crippen LogP contribution in [0.4, 0.5) is 5.69 Å². The second-order valence-corrected chi connectivity index (χ2v) is 3.46. The zero-order valence-electron chi connectivity index (χ0n) is 7.63. The van der Waals surface area contributed by atoms with Crippen LogP contribution >= 0.6 is 23.2 Å². The van der Waals surface area contributed by atoms with Crippen molar-refractivity contribution in [1.82, 2.24) is 0 Å². The Morgan fingerprint density at radius 3 is 2.00 bits per heavy atom. The zero-order chi connectivity index (χ0) is 10.7. The summed E-state index contributed by atoms with van der Waals surface area (Å²) >= 11 is 11.4. The average molecular weight is 235 g/mol. The summed E-state index contributed by atoms with van der Waals surface area (Å²) in [7, 11) is 0. The van der Waals surface area contributed by atoms with Gasteiger partial charge in [-0.15, -0.1) is 23.2 Å². The molecule has 0 radical (unpaired) electrons. The first-order valence-electron chi connectivity index (χ1n) is 4.00. The molecule has 1 N–H and O–H groups in total. The highest BCUT2D eigenvalue weighted by molar-refractivity contribution is 6.18. The van der Waals surface area contributed by atoms with Crippen LogP contribution in [0.15, 0.2) is 12.1 Å². The number of nitrogens with zero attached hydrogens (tertiary/aromatic N) is 1. The van der Waals surface area contributed by atoms with Crippen LogP contribution in [0.1, 0.15) is 16.7 Å². The molecule has 0 aromatic heterocycles. The van der Waals surface area contributed by atoms with Crippen molar-refractivity contribution in [3.63, 3.8) is 0 Å². The lowest BCUT2D eigenvalue weighted by Crippen LogP contribution is -2.08. The molecule has 0 fully saturated rings. The van der Waals surface area contributed by atoms with E-state index in [1.54, 1.807) is 12.1 Å². The van der Waals surface area contributed by atoms with Gasteiger partial charge in [0.1, 0.15) is 0 Å². The zero-order valence-corrected chi connectivity index (χ0v) is 9.14. The largest absolute Gasteiger partial charge is 0.733 e. The summed E-state index contributed by atoms with van der Waals surface area (Å²) < 4.78 is 0. The molecule has 14 heavy (non-hydrogen) atoms. The number of anilines is 1. The van der Waals surface area contributed by atoms with Gasteiger partial charge >= 0.3 is 0 Å². The summed E-state index contributed by atoms with van der Waals surface area (Å²) in [6, 6.07) is 3.09. The van der Waals surface area contributed by atoms with E-state index in [4.69, 9.17) is 28.4 Å². The number of hydrogen-bond donors (Lipinski definition) is 1. The fraction of sp³-hybridized carbons (Fsp3) is 0.333. The van der Waals surface area contributed by atoms with Crippen LogP contribution in [0, 0.1) is 12.1 Å². The molecule has 0 atom stereocenters. The van der Waals surface area contributed by atoms with E-state index in [2.05, 4.69) is 0 Å². The van der Waals surface area contributed by atoms with Gasteiger partial charge in [0.25, 0.3) is 0 Å². The second-order valence-electron chi connectivity index (χ2n) is 2.93. The van der Waals surface area contributed by atoms with Gasteiger partial charge in [-0.05, 0) is 35.7 Å². The summed E-state index contributed by atoms with van der Waals surface area (Å²) in [6.07, 6.45) is 0. The predicted molar refractivity (Wildman–Crippen MR) is 57.9 cm³/mol. The molecule has 78 valence electrons. The molecule has 1 aromatic carbocycles. The summed E-state index contributed by atoms with van der Waals surface area (Å²) in [5.41, 5.74) is 2.71. The lowest BCUT2D eigenvalue weighted by atomic mass is 10.0. The van der Waals surface area contributed by atoms with Gasteiger partial charge in [-0.2, -0.15) is 0 Å². The van der Waals surface area contributed by atoms with Gasteiger partial charge < -0.3 is 10.4 Å². The minimum absolute atomic E-state index is 0.155. The summed E-state index contributed by atoms with van der Waals surface area (Å²) in [5, 5.41) is 19.2. The van der Waals surface area contributed by atoms with Crippen molar-refractivity contribution in [3.05, 3.63) is 34.0 Å². The van der Waals surface area contributed by atoms with Crippen molar-refractivity contribution in [1.29, 1.82) is 0 Å². The van der Waals surface area contributed by atoms with Crippen molar-refractivity contribution in [2.45, 2.75) is 18.7 Å². The van der Waals surface area contributed by atoms with Crippen molar-refractivity contribution in [3.8, 4) is 0 Å². The minimum Gasteiger partial charge on any atom is -0.733 e. The van der Waals surface area contributed by atoms with Gasteiger partial charge in [0.05, 0.1) is 5.69 Å². The molecule has 0 spiro atoms. The SMILES string of the molecule is Cc1c(CCl)cc(N([O-])O)cc1CCl. The molecule has 3 nitrogen and oxygen atoms in total. The molecule has 1 rings (SSSR count). The third-order valence-corrected chi connectivity index (χ3v) is 2.69. The van der Waals surface area contributed by atoms with Crippen LogP contribution in [0.25, 0.3) is 0 Å². The van der Waals surface area contributed by atoms with Crippen LogP contribution in [0.2, 0.25) is 0 Å². The third-order valence-electron chi connectivity index (χ3n) is 2.12. The lowest BCUT2D eigenvalue weighted by molar-refractivity contribution is 0.296. The van der Waals surface area contributed by atoms with E-state index in [1.807, 2.05) is 6.92 Å². The molecule has 0 heterocycles. The maximum atomic E-state index is 10.7. The van der Waals surface area contributed by atoms with Gasteiger partial charge in [-0.25, -0.2) is 0 Å². The average Bonchev–Trinajstić information content (AvgIpc) is 2.17. The van der Waals surface area contributed by atoms with E-state index in [-0.39, 0.29) is 22.7 Å². The Bertz CT molecular complexity index is 304. The Morgan fingerprint density at radius 1 is 1.29 bits per heavy atom. The van der Waals surface area contributed by atoms with Gasteiger partial charge in [0.15, 0.2) is 0 Å². The molecule has 0 aliphatic carbocycles. The molecular weight excluding hydrogens is 225 g/mol. The van der Waals surface area contributed by atoms with Gasteiger partial charge in [0.2, 0.25) is 0 Å². The van der Waals surface area contributed by atoms with Gasteiger partial charge in [0, 0.05) is 11.8 Å². The highest BCUT2D eigenvalue weighted by Crippen LogP contribution is 2.24. The molecule has 0 bridgehead atoms. The Balaban J connectivity index is 3.25. The number of benzene rings is 1. The summed E-state index contributed by atoms with van der Waals surface area (Å²) in [4.78, 5) is 0. The molecule has 0 saturated heterocycles. The topological polar surface area (TPSA) is 46.5 Å². The first kappa shape index (κ1) is 11.6. The molecule has 0 saturated carbocycles. The molecule has 0 aliphatic rings. The van der Waals surface area contributed by atoms with E-state index in [0.29, 0.717) is 0 Å². The quantitative estimate of drug-likeness (QED) is 0.646. The molecular formula is C9H10Cl2NO2-. The highest BCUT2D eigenvalue weighted by atomic mass is 35.5. The van der Waals surface area contributed by atoms with E-state index in [0.717, 1.165) is 16.7 Å². The number of alkyl halides is 2. The van der Waals surface area contributed by atoms with E-state index in [9.17, 15) is 5.21 Å². The van der Waals surface area contributed by atoms with Crippen LogP contribution in [-0.4, -0.2) is 5.21 Å². The minimum atomic E-state index is -0.189. The van der Waals surface area contributed by atoms with Crippen molar-refractivity contribution < 1.29 is 5.21 Å². The first-order chi connectivity index (χ1) is 6.60. The summed E-state index contributed by atoms with van der Waals surface area (Å²) in [6.45, 7) is 1.88. The highest BCUT2D eigenvalue weighted by Gasteiger charge is 2.06. The van der Waals surface area contributed by atoms with Crippen LogP contribution in [0.5, 0.6) is 0 Å². The predicted octanol–water partition coefficient (Wildman–Crippen LogP) is 3.17. The van der Waals surface area contributed by atoms with Crippen LogP contribution < -0.4 is 5.23 Å². The van der Waals surface area contributed by atoms with Gasteiger partial charge in [-0.3, -0.25) is 5.21 Å². The Kier molecular flexibility index (Phi) is 4.01. The molecule has 0 aliphatic heterocycles. The maximum absolute atomic E-state index is 10.7. The third kappa shape index (κ3) is 2.30. The van der Waals surface area contributed by atoms with Crippen molar-refractivity contribution in [2.75, 3.05) is 5.23 Å². The number of hydrogen-bond acceptors (Lipinski definition) is 3. The molecule has 0 unspecified atom stereocenters. The Morgan fingerprint density at radius 2 is 1.71 bits per heavy atom. The van der Waals surface area contributed by atoms with E-state index < -0.39 is 0 Å². The molecule has 1 aromatic rings. The normalized spacial score (nSPS) is 10.4. The lowest BCUT2D eigenvalue weighted by Gasteiger charge is -2.23. The van der Waals surface area contributed by atoms with Gasteiger partial charge in [-0.1, -0.05) is 0 Å². The Hall–Kier alpha value is -0.480. The van der Waals surface area contributed by atoms with Crippen LogP contribution in [-0.2, 0) is 11.8 Å². The van der Waals surface area contributed by atoms with Crippen molar-refractivity contribution >= 4 is 28.9 Å². The fourth-order valence-corrected chi connectivity index (χ4v) is 1.76. The monoisotopic (exact) mass is 234 g/mol. The number of halogens is 2. The maximum Gasteiger partial charge on any atom is 0.0515 e. The van der Waals surface area contributed by atoms with Crippen molar-refractivity contribution in [2.24, 2.45) is 0 Å². The summed E-state index contributed by atoms with van der Waals surface area (Å²) in [5.74, 6) is 0.578.